The van der Waals surface area contributed by atoms with E-state index in [1.807, 2.05) is 44.4 Å². The van der Waals surface area contributed by atoms with Crippen molar-refractivity contribution in [2.24, 2.45) is 11.8 Å². The molecule has 8 nitrogen and oxygen atoms in total. The fraction of sp³-hybridized carbons (Fsp3) is 0.355. The molecule has 4 aromatic rings. The summed E-state index contributed by atoms with van der Waals surface area (Å²) >= 11 is 1.16. The molecule has 0 radical (unpaired) electrons. The summed E-state index contributed by atoms with van der Waals surface area (Å²) in [6.07, 6.45) is 4.61. The topological polar surface area (TPSA) is 80.6 Å². The van der Waals surface area contributed by atoms with Crippen LogP contribution in [0.25, 0.3) is 10.6 Å². The molecule has 0 saturated heterocycles. The number of halogens is 2. The predicted octanol–water partition coefficient (Wildman–Crippen LogP) is 5.16. The number of hydrogen-bond donors (Lipinski definition) is 0. The molecule has 216 valence electrons. The average Bonchev–Trinajstić information content (AvgIpc) is 3.43. The third-order valence-electron chi connectivity index (χ3n) is 9.21. The van der Waals surface area contributed by atoms with Crippen LogP contribution in [0.4, 0.5) is 8.78 Å². The molecule has 0 N–H and O–H groups in total. The third-order valence-corrected chi connectivity index (χ3v) is 10.4. The van der Waals surface area contributed by atoms with Gasteiger partial charge in [-0.15, -0.1) is 10.2 Å². The molecule has 42 heavy (non-hydrogen) atoms. The van der Waals surface area contributed by atoms with Crippen molar-refractivity contribution >= 4 is 17.2 Å². The largest absolute Gasteiger partial charge is 0.482 e. The van der Waals surface area contributed by atoms with Crippen LogP contribution in [-0.2, 0) is 6.61 Å². The Morgan fingerprint density at radius 3 is 2.60 bits per heavy atom. The zero-order chi connectivity index (χ0) is 29.3. The molecule has 2 aromatic carbocycles. The highest BCUT2D eigenvalue weighted by Gasteiger charge is 2.65. The summed E-state index contributed by atoms with van der Waals surface area (Å²) < 4.78 is 36.0. The Bertz CT molecular complexity index is 1780. The summed E-state index contributed by atoms with van der Waals surface area (Å²) in [5.74, 6) is -1.20. The number of pyridine rings is 1. The molecule has 0 bridgehead atoms. The van der Waals surface area contributed by atoms with Gasteiger partial charge in [-0.25, -0.2) is 8.78 Å². The first kappa shape index (κ1) is 26.8. The Kier molecular flexibility index (Phi) is 6.19. The van der Waals surface area contributed by atoms with Crippen LogP contribution in [-0.4, -0.2) is 45.4 Å². The second kappa shape index (κ2) is 9.72. The molecule has 1 spiro atoms. The third kappa shape index (κ3) is 3.97. The summed E-state index contributed by atoms with van der Waals surface area (Å²) in [5, 5.41) is 11.5. The maximum absolute atomic E-state index is 14.5. The fourth-order valence-corrected chi connectivity index (χ4v) is 7.72. The molecule has 3 aliphatic rings. The smallest absolute Gasteiger partial charge is 0.278 e. The number of ether oxygens (including phenoxy) is 1. The standard InChI is InChI=1S/C31H29F2N5O3S/c1-17(21-10-9-20(32)14-24(21)33)28-34-35-29(42-28)22-15-38-25(27(26(22)39)41-16-18-7-5-4-6-8-18)30(40)36(2)31(37(38)3)12-11-19-13-23(19)31/h4-10,14-15,17,19,23H,11-13,16H2,1-3H3/t17?,19-,23+,31?/m1/s1. The highest BCUT2D eigenvalue weighted by atomic mass is 32.1. The van der Waals surface area contributed by atoms with E-state index < -0.39 is 28.6 Å². The lowest BCUT2D eigenvalue weighted by Gasteiger charge is -2.52. The molecular formula is C31H29F2N5O3S. The lowest BCUT2D eigenvalue weighted by molar-refractivity contribution is 0.0327. The molecule has 3 heterocycles. The van der Waals surface area contributed by atoms with Crippen molar-refractivity contribution in [3.8, 4) is 16.3 Å². The van der Waals surface area contributed by atoms with Gasteiger partial charge in [-0.3, -0.25) is 19.3 Å². The fourth-order valence-electron chi connectivity index (χ4n) is 6.80. The van der Waals surface area contributed by atoms with Crippen molar-refractivity contribution in [2.75, 3.05) is 19.1 Å². The van der Waals surface area contributed by atoms with Crippen molar-refractivity contribution in [3.05, 3.63) is 98.4 Å². The van der Waals surface area contributed by atoms with E-state index in [0.29, 0.717) is 21.9 Å². The van der Waals surface area contributed by atoms with Crippen LogP contribution in [0.15, 0.2) is 59.5 Å². The van der Waals surface area contributed by atoms with Crippen molar-refractivity contribution in [2.45, 2.75) is 44.4 Å². The monoisotopic (exact) mass is 589 g/mol. The summed E-state index contributed by atoms with van der Waals surface area (Å²) in [6, 6.07) is 12.9. The van der Waals surface area contributed by atoms with Gasteiger partial charge in [0.25, 0.3) is 5.91 Å². The number of rotatable bonds is 6. The molecule has 11 heteroatoms. The van der Waals surface area contributed by atoms with Gasteiger partial charge in [-0.05, 0) is 42.4 Å². The minimum absolute atomic E-state index is 0.0466. The van der Waals surface area contributed by atoms with E-state index in [0.717, 1.165) is 42.2 Å². The van der Waals surface area contributed by atoms with Crippen LogP contribution >= 0.6 is 11.3 Å². The zero-order valence-corrected chi connectivity index (χ0v) is 24.2. The maximum atomic E-state index is 14.5. The molecule has 1 amide bonds. The molecule has 2 fully saturated rings. The number of benzene rings is 2. The van der Waals surface area contributed by atoms with E-state index in [-0.39, 0.29) is 35.1 Å². The van der Waals surface area contributed by atoms with Crippen LogP contribution < -0.4 is 15.2 Å². The van der Waals surface area contributed by atoms with Gasteiger partial charge < -0.3 is 9.64 Å². The number of nitrogens with zero attached hydrogens (tertiary/aromatic N) is 5. The van der Waals surface area contributed by atoms with Crippen molar-refractivity contribution < 1.29 is 18.3 Å². The van der Waals surface area contributed by atoms with Crippen molar-refractivity contribution in [1.29, 1.82) is 0 Å². The van der Waals surface area contributed by atoms with Gasteiger partial charge in [-0.2, -0.15) is 0 Å². The molecule has 2 unspecified atom stereocenters. The van der Waals surface area contributed by atoms with E-state index in [4.69, 9.17) is 4.74 Å². The lowest BCUT2D eigenvalue weighted by Crippen LogP contribution is -2.68. The first-order valence-corrected chi connectivity index (χ1v) is 14.8. The Hall–Kier alpha value is -4.12. The number of amides is 1. The summed E-state index contributed by atoms with van der Waals surface area (Å²) in [7, 11) is 3.77. The maximum Gasteiger partial charge on any atom is 0.278 e. The van der Waals surface area contributed by atoms with Crippen LogP contribution in [0, 0.1) is 23.5 Å². The normalized spacial score (nSPS) is 23.2. The summed E-state index contributed by atoms with van der Waals surface area (Å²) in [5.41, 5.74) is 0.588. The van der Waals surface area contributed by atoms with E-state index in [1.165, 1.54) is 12.1 Å². The first-order valence-electron chi connectivity index (χ1n) is 14.0. The van der Waals surface area contributed by atoms with Gasteiger partial charge in [-0.1, -0.05) is 54.7 Å². The number of fused-ring (bicyclic) bond motifs is 3. The zero-order valence-electron chi connectivity index (χ0n) is 23.4. The van der Waals surface area contributed by atoms with Gasteiger partial charge in [0.1, 0.15) is 28.9 Å². The van der Waals surface area contributed by atoms with E-state index in [1.54, 1.807) is 22.7 Å². The van der Waals surface area contributed by atoms with Gasteiger partial charge >= 0.3 is 0 Å². The van der Waals surface area contributed by atoms with Crippen molar-refractivity contribution in [1.82, 2.24) is 19.8 Å². The Balaban J connectivity index is 1.34. The first-order chi connectivity index (χ1) is 20.2. The predicted molar refractivity (Wildman–Crippen MR) is 154 cm³/mol. The SMILES string of the molecule is CC(c1nnc(-c2cn3c(c(OCc4ccccc4)c2=O)C(=O)N(C)C2(CC[C@@H]4C[C@@H]42)N3C)s1)c1ccc(F)cc1F. The average molecular weight is 590 g/mol. The number of carbonyl (C=O) groups excluding carboxylic acids is 1. The van der Waals surface area contributed by atoms with Crippen LogP contribution in [0.5, 0.6) is 5.75 Å². The molecular weight excluding hydrogens is 560 g/mol. The quantitative estimate of drug-likeness (QED) is 0.309. The minimum Gasteiger partial charge on any atom is -0.482 e. The molecule has 2 aliphatic carbocycles. The van der Waals surface area contributed by atoms with Gasteiger partial charge in [0.15, 0.2) is 16.5 Å². The highest BCUT2D eigenvalue weighted by molar-refractivity contribution is 7.14. The number of aromatic nitrogens is 3. The Morgan fingerprint density at radius 1 is 1.12 bits per heavy atom. The van der Waals surface area contributed by atoms with Crippen molar-refractivity contribution in [3.63, 3.8) is 0 Å². The minimum atomic E-state index is -0.672. The van der Waals surface area contributed by atoms with E-state index >= 15 is 0 Å². The molecule has 1 aliphatic heterocycles. The molecule has 2 aromatic heterocycles. The molecule has 4 atom stereocenters. The van der Waals surface area contributed by atoms with Crippen LogP contribution in [0.3, 0.4) is 0 Å². The lowest BCUT2D eigenvalue weighted by atomic mass is 9.98. The summed E-state index contributed by atoms with van der Waals surface area (Å²) in [6.45, 7) is 1.86. The number of hydrogen-bond acceptors (Lipinski definition) is 7. The van der Waals surface area contributed by atoms with E-state index in [9.17, 15) is 18.4 Å². The second-order valence-corrected chi connectivity index (χ2v) is 12.4. The Labute approximate surface area is 245 Å². The highest BCUT2D eigenvalue weighted by Crippen LogP contribution is 2.61. The molecule has 2 saturated carbocycles. The molecule has 7 rings (SSSR count). The van der Waals surface area contributed by atoms with Crippen LogP contribution in [0.1, 0.15) is 58.7 Å². The van der Waals surface area contributed by atoms with Gasteiger partial charge in [0.05, 0.1) is 5.56 Å². The Morgan fingerprint density at radius 2 is 1.90 bits per heavy atom. The van der Waals surface area contributed by atoms with E-state index in [2.05, 4.69) is 15.2 Å². The summed E-state index contributed by atoms with van der Waals surface area (Å²) in [4.78, 5) is 29.8. The van der Waals surface area contributed by atoms with Gasteiger partial charge in [0, 0.05) is 38.2 Å². The second-order valence-electron chi connectivity index (χ2n) is 11.4. The number of carbonyl (C=O) groups is 1. The van der Waals surface area contributed by atoms with Gasteiger partial charge in [0.2, 0.25) is 5.43 Å². The van der Waals surface area contributed by atoms with Crippen LogP contribution in [0.2, 0.25) is 0 Å².